The Morgan fingerprint density at radius 3 is 2.52 bits per heavy atom. The molecule has 8 nitrogen and oxygen atoms in total. The largest absolute Gasteiger partial charge is 0.492 e. The smallest absolute Gasteiger partial charge is 0.426 e. The van der Waals surface area contributed by atoms with Crippen molar-refractivity contribution in [2.45, 2.75) is 33.0 Å². The number of ether oxygens (including phenoxy) is 3. The Labute approximate surface area is 156 Å². The van der Waals surface area contributed by atoms with Gasteiger partial charge in [-0.2, -0.15) is 12.7 Å². The number of esters is 1. The lowest BCUT2D eigenvalue weighted by atomic mass is 10.1. The van der Waals surface area contributed by atoms with Crippen LogP contribution in [0.25, 0.3) is 0 Å². The molecule has 0 aliphatic carbocycles. The topological polar surface area (TPSA) is 99.2 Å². The lowest BCUT2D eigenvalue weighted by molar-refractivity contribution is -0.138. The van der Waals surface area contributed by atoms with E-state index in [1.54, 1.807) is 37.3 Å². The van der Waals surface area contributed by atoms with Crippen LogP contribution in [0.2, 0.25) is 0 Å². The summed E-state index contributed by atoms with van der Waals surface area (Å²) < 4.78 is 51.4. The van der Waals surface area contributed by atoms with Gasteiger partial charge in [-0.3, -0.25) is 0 Å². The summed E-state index contributed by atoms with van der Waals surface area (Å²) in [6.07, 6.45) is -2.30. The minimum Gasteiger partial charge on any atom is -0.492 e. The maximum Gasteiger partial charge on any atom is 0.426 e. The zero-order chi connectivity index (χ0) is 20.0. The Bertz CT molecular complexity index is 823. The first kappa shape index (κ1) is 20.7. The molecule has 0 spiro atoms. The van der Waals surface area contributed by atoms with E-state index in [1.165, 1.54) is 6.92 Å². The van der Waals surface area contributed by atoms with Crippen LogP contribution < -0.4 is 0 Å². The average Bonchev–Trinajstić information content (AvgIpc) is 2.98. The van der Waals surface area contributed by atoms with E-state index in [0.29, 0.717) is 5.56 Å². The third-order valence-electron chi connectivity index (χ3n) is 3.76. The Hall–Kier alpha value is -2.62. The highest BCUT2D eigenvalue weighted by Gasteiger charge is 2.36. The Morgan fingerprint density at radius 2 is 1.93 bits per heavy atom. The molecule has 2 rings (SSSR count). The number of nitrogens with zero attached hydrogens (tertiary/aromatic N) is 1. The molecule has 1 aliphatic heterocycles. The number of hydrogen-bond acceptors (Lipinski definition) is 7. The van der Waals surface area contributed by atoms with E-state index in [9.17, 15) is 21.9 Å². The molecular weight excluding hydrogens is 381 g/mol. The van der Waals surface area contributed by atoms with Gasteiger partial charge in [-0.05, 0) is 19.4 Å². The molecule has 0 aromatic heterocycles. The fourth-order valence-electron chi connectivity index (χ4n) is 2.51. The first-order chi connectivity index (χ1) is 12.7. The third kappa shape index (κ3) is 5.68. The van der Waals surface area contributed by atoms with E-state index in [1.807, 2.05) is 0 Å². The third-order valence-corrected chi connectivity index (χ3v) is 4.59. The van der Waals surface area contributed by atoms with Crippen molar-refractivity contribution < 1.29 is 36.1 Å². The first-order valence-electron chi connectivity index (χ1n) is 8.19. The summed E-state index contributed by atoms with van der Waals surface area (Å²) in [5.41, 5.74) is 0.831. The fourth-order valence-corrected chi connectivity index (χ4v) is 3.09. The highest BCUT2D eigenvalue weighted by Crippen LogP contribution is 2.27. The molecule has 0 N–H and O–H groups in total. The molecule has 1 unspecified atom stereocenters. The number of hydrogen-bond donors (Lipinski definition) is 0. The van der Waals surface area contributed by atoms with Crippen LogP contribution in [0.1, 0.15) is 25.8 Å². The van der Waals surface area contributed by atoms with Crippen LogP contribution in [-0.4, -0.2) is 44.0 Å². The van der Waals surface area contributed by atoms with E-state index < -0.39 is 35.1 Å². The van der Waals surface area contributed by atoms with Gasteiger partial charge < -0.3 is 14.2 Å². The van der Waals surface area contributed by atoms with Crippen LogP contribution in [0.5, 0.6) is 0 Å². The molecule has 1 atom stereocenters. The summed E-state index contributed by atoms with van der Waals surface area (Å²) in [5, 5.41) is 0. The first-order valence-corrected chi connectivity index (χ1v) is 9.53. The molecule has 0 saturated carbocycles. The summed E-state index contributed by atoms with van der Waals surface area (Å²) in [6.45, 7) is 2.46. The molecule has 27 heavy (non-hydrogen) atoms. The van der Waals surface area contributed by atoms with Gasteiger partial charge >= 0.3 is 22.5 Å². The zero-order valence-electron chi connectivity index (χ0n) is 14.9. The Morgan fingerprint density at radius 1 is 1.26 bits per heavy atom. The van der Waals surface area contributed by atoms with Crippen LogP contribution in [0.15, 0.2) is 41.7 Å². The predicted molar refractivity (Wildman–Crippen MR) is 92.2 cm³/mol. The van der Waals surface area contributed by atoms with Crippen molar-refractivity contribution in [1.82, 2.24) is 4.31 Å². The number of amides is 1. The van der Waals surface area contributed by atoms with Crippen LogP contribution >= 0.6 is 0 Å². The van der Waals surface area contributed by atoms with E-state index in [0.717, 1.165) is 0 Å². The minimum absolute atomic E-state index is 0.0113. The Kier molecular flexibility index (Phi) is 6.78. The number of allylic oxidation sites excluding steroid dienone is 1. The van der Waals surface area contributed by atoms with Gasteiger partial charge in [0.1, 0.15) is 18.5 Å². The molecule has 0 bridgehead atoms. The van der Waals surface area contributed by atoms with Gasteiger partial charge in [-0.1, -0.05) is 34.2 Å². The van der Waals surface area contributed by atoms with Gasteiger partial charge in [-0.25, -0.2) is 9.59 Å². The van der Waals surface area contributed by atoms with Gasteiger partial charge in [0.2, 0.25) is 0 Å². The van der Waals surface area contributed by atoms with E-state index in [-0.39, 0.29) is 35.3 Å². The van der Waals surface area contributed by atoms with E-state index >= 15 is 0 Å². The van der Waals surface area contributed by atoms with Crippen molar-refractivity contribution in [3.8, 4) is 0 Å². The van der Waals surface area contributed by atoms with Crippen molar-refractivity contribution in [1.29, 1.82) is 0 Å². The molecule has 1 heterocycles. The molecule has 0 radical (unpaired) electrons. The molecule has 1 aliphatic rings. The quantitative estimate of drug-likeness (QED) is 0.511. The molecule has 1 aromatic rings. The lowest BCUT2D eigenvalue weighted by Crippen LogP contribution is -2.40. The van der Waals surface area contributed by atoms with Crippen LogP contribution in [0, 0.1) is 0 Å². The summed E-state index contributed by atoms with van der Waals surface area (Å²) in [4.78, 5) is 23.9. The highest BCUT2D eigenvalue weighted by atomic mass is 32.3. The second kappa shape index (κ2) is 8.85. The molecule has 1 aromatic carbocycles. The normalized spacial score (nSPS) is 16.6. The van der Waals surface area contributed by atoms with Crippen LogP contribution in [0.3, 0.4) is 0 Å². The molecule has 10 heteroatoms. The summed E-state index contributed by atoms with van der Waals surface area (Å²) >= 11 is 0. The Balaban J connectivity index is 2.01. The van der Waals surface area contributed by atoms with Gasteiger partial charge in [0.25, 0.3) is 0 Å². The summed E-state index contributed by atoms with van der Waals surface area (Å²) in [5.74, 6) is -0.355. The maximum atomic E-state index is 13.6. The van der Waals surface area contributed by atoms with Crippen molar-refractivity contribution in [2.24, 2.45) is 0 Å². The van der Waals surface area contributed by atoms with Crippen LogP contribution in [0.4, 0.5) is 8.68 Å². The number of rotatable bonds is 7. The number of halogens is 1. The van der Waals surface area contributed by atoms with Crippen molar-refractivity contribution in [3.63, 3.8) is 0 Å². The van der Waals surface area contributed by atoms with Crippen molar-refractivity contribution in [2.75, 3.05) is 13.2 Å². The van der Waals surface area contributed by atoms with Gasteiger partial charge in [0.05, 0.1) is 18.7 Å². The fraction of sp³-hybridized carbons (Fsp3) is 0.412. The number of carbonyl (C=O) groups is 2. The van der Waals surface area contributed by atoms with Gasteiger partial charge in [0.15, 0.2) is 0 Å². The van der Waals surface area contributed by atoms with Gasteiger partial charge in [0, 0.05) is 6.42 Å². The average molecular weight is 401 g/mol. The summed E-state index contributed by atoms with van der Waals surface area (Å²) in [6, 6.07) is 8.52. The number of benzene rings is 1. The zero-order valence-corrected chi connectivity index (χ0v) is 15.7. The lowest BCUT2D eigenvalue weighted by Gasteiger charge is -2.21. The van der Waals surface area contributed by atoms with Crippen molar-refractivity contribution >= 4 is 22.5 Å². The molecular formula is C17H20FNO7S. The second-order valence-electron chi connectivity index (χ2n) is 5.71. The van der Waals surface area contributed by atoms with E-state index in [4.69, 9.17) is 14.2 Å². The van der Waals surface area contributed by atoms with E-state index in [2.05, 4.69) is 0 Å². The predicted octanol–water partition coefficient (Wildman–Crippen LogP) is 2.47. The minimum atomic E-state index is -5.38. The second-order valence-corrected chi connectivity index (χ2v) is 6.98. The molecule has 0 fully saturated rings. The SMILES string of the molecule is CCOC(=O)C1=C(C)OC(CN(C(=O)OCc2ccccc2)S(=O)(=O)F)C1. The van der Waals surface area contributed by atoms with Crippen LogP contribution in [-0.2, 0) is 36.0 Å². The molecule has 148 valence electrons. The monoisotopic (exact) mass is 401 g/mol. The van der Waals surface area contributed by atoms with Gasteiger partial charge in [-0.15, -0.1) is 0 Å². The highest BCUT2D eigenvalue weighted by molar-refractivity contribution is 7.84. The standard InChI is InChI=1S/C17H20FNO7S/c1-3-24-16(20)15-9-14(26-12(15)2)10-19(27(18,22)23)17(21)25-11-13-7-5-4-6-8-13/h4-8,14H,3,9-11H2,1-2H3. The van der Waals surface area contributed by atoms with Crippen molar-refractivity contribution in [3.05, 3.63) is 47.2 Å². The molecule has 1 amide bonds. The molecule has 0 saturated heterocycles. The maximum absolute atomic E-state index is 13.6. The summed E-state index contributed by atoms with van der Waals surface area (Å²) in [7, 11) is -5.38. The number of carbonyl (C=O) groups excluding carboxylic acids is 2.